The molecule has 0 spiro atoms. The SMILES string of the molecule is C[C@H](N)c1nc(-c2ccc(N3CCN(c4nc(-c5ccncn5)cc(=O)n4C)[C@H](C)C3)cc2)no1. The van der Waals surface area contributed by atoms with Crippen molar-refractivity contribution in [3.8, 4) is 22.8 Å². The molecule has 4 aromatic rings. The van der Waals surface area contributed by atoms with Gasteiger partial charge in [-0.3, -0.25) is 9.36 Å². The summed E-state index contributed by atoms with van der Waals surface area (Å²) in [7, 11) is 1.75. The first-order chi connectivity index (χ1) is 16.9. The van der Waals surface area contributed by atoms with Gasteiger partial charge in [-0.05, 0) is 44.2 Å². The van der Waals surface area contributed by atoms with Gasteiger partial charge in [0.15, 0.2) is 0 Å². The summed E-state index contributed by atoms with van der Waals surface area (Å²) in [5.41, 5.74) is 8.84. The van der Waals surface area contributed by atoms with E-state index in [1.165, 1.54) is 12.4 Å². The summed E-state index contributed by atoms with van der Waals surface area (Å²) in [6, 6.07) is 11.2. The average Bonchev–Trinajstić information content (AvgIpc) is 3.37. The van der Waals surface area contributed by atoms with Gasteiger partial charge in [-0.2, -0.15) is 4.98 Å². The van der Waals surface area contributed by atoms with E-state index in [9.17, 15) is 4.79 Å². The van der Waals surface area contributed by atoms with Crippen LogP contribution in [0.4, 0.5) is 11.6 Å². The lowest BCUT2D eigenvalue weighted by Gasteiger charge is -2.42. The molecule has 1 fully saturated rings. The summed E-state index contributed by atoms with van der Waals surface area (Å²) in [5.74, 6) is 1.58. The summed E-state index contributed by atoms with van der Waals surface area (Å²) in [4.78, 5) is 34.5. The van der Waals surface area contributed by atoms with Crippen LogP contribution in [-0.4, -0.2) is 55.3 Å². The van der Waals surface area contributed by atoms with Crippen molar-refractivity contribution < 1.29 is 4.52 Å². The Morgan fingerprint density at radius 1 is 1.11 bits per heavy atom. The lowest BCUT2D eigenvalue weighted by molar-refractivity contribution is 0.362. The van der Waals surface area contributed by atoms with Crippen molar-refractivity contribution in [1.82, 2.24) is 29.7 Å². The van der Waals surface area contributed by atoms with Gasteiger partial charge in [0.1, 0.15) is 6.33 Å². The molecule has 5 rings (SSSR count). The van der Waals surface area contributed by atoms with Crippen LogP contribution in [0, 0.1) is 0 Å². The summed E-state index contributed by atoms with van der Waals surface area (Å²) < 4.78 is 6.80. The molecular weight excluding hydrogens is 446 g/mol. The van der Waals surface area contributed by atoms with Crippen LogP contribution in [0.15, 0.2) is 58.2 Å². The van der Waals surface area contributed by atoms with Gasteiger partial charge in [0.05, 0.1) is 17.4 Å². The molecule has 180 valence electrons. The third kappa shape index (κ3) is 4.50. The predicted molar refractivity (Wildman–Crippen MR) is 132 cm³/mol. The molecule has 1 aliphatic rings. The molecule has 0 radical (unpaired) electrons. The normalized spacial score (nSPS) is 17.0. The lowest BCUT2D eigenvalue weighted by atomic mass is 10.1. The zero-order valence-corrected chi connectivity index (χ0v) is 19.9. The quantitative estimate of drug-likeness (QED) is 0.459. The van der Waals surface area contributed by atoms with Gasteiger partial charge in [-0.25, -0.2) is 15.0 Å². The van der Waals surface area contributed by atoms with Crippen LogP contribution in [-0.2, 0) is 7.05 Å². The number of nitrogens with two attached hydrogens (primary N) is 1. The molecule has 1 aliphatic heterocycles. The summed E-state index contributed by atoms with van der Waals surface area (Å²) in [6.45, 7) is 6.23. The first-order valence-corrected chi connectivity index (χ1v) is 11.5. The molecule has 0 saturated carbocycles. The standard InChI is InChI=1S/C24H27N9O2/c1-15-13-32(18-6-4-17(5-7-18)22-29-23(16(2)25)35-30-22)10-11-33(15)24-28-20(12-21(34)31(24)3)19-8-9-26-14-27-19/h4-9,12,14-16H,10-11,13,25H2,1-3H3/t15-,16+/m1/s1. The molecule has 0 bridgehead atoms. The maximum absolute atomic E-state index is 12.7. The molecule has 1 saturated heterocycles. The Morgan fingerprint density at radius 3 is 2.57 bits per heavy atom. The Kier molecular flexibility index (Phi) is 6.00. The number of piperazine rings is 1. The van der Waals surface area contributed by atoms with Gasteiger partial charge in [0.25, 0.3) is 5.56 Å². The van der Waals surface area contributed by atoms with Crippen molar-refractivity contribution >= 4 is 11.6 Å². The van der Waals surface area contributed by atoms with Gasteiger partial charge >= 0.3 is 0 Å². The van der Waals surface area contributed by atoms with Gasteiger partial charge in [-0.15, -0.1) is 0 Å². The highest BCUT2D eigenvalue weighted by molar-refractivity contribution is 5.61. The Labute approximate surface area is 202 Å². The molecule has 11 nitrogen and oxygen atoms in total. The van der Waals surface area contributed by atoms with E-state index in [0.29, 0.717) is 29.1 Å². The maximum Gasteiger partial charge on any atom is 0.255 e. The zero-order valence-electron chi connectivity index (χ0n) is 19.9. The largest absolute Gasteiger partial charge is 0.368 e. The summed E-state index contributed by atoms with van der Waals surface area (Å²) in [5, 5.41) is 4.02. The highest BCUT2D eigenvalue weighted by Crippen LogP contribution is 2.26. The number of benzene rings is 1. The van der Waals surface area contributed by atoms with E-state index in [1.54, 1.807) is 30.8 Å². The second kappa shape index (κ2) is 9.26. The van der Waals surface area contributed by atoms with Crippen molar-refractivity contribution in [2.45, 2.75) is 25.9 Å². The molecule has 11 heteroatoms. The number of nitrogens with zero attached hydrogens (tertiary/aromatic N) is 8. The molecular formula is C24H27N9O2. The topological polar surface area (TPSA) is 132 Å². The minimum Gasteiger partial charge on any atom is -0.368 e. The van der Waals surface area contributed by atoms with E-state index >= 15 is 0 Å². The van der Waals surface area contributed by atoms with Crippen molar-refractivity contribution in [1.29, 1.82) is 0 Å². The van der Waals surface area contributed by atoms with Gasteiger partial charge in [0, 0.05) is 56.2 Å². The molecule has 0 aliphatic carbocycles. The summed E-state index contributed by atoms with van der Waals surface area (Å²) >= 11 is 0. The average molecular weight is 474 g/mol. The Bertz CT molecular complexity index is 1370. The van der Waals surface area contributed by atoms with Gasteiger partial charge in [-0.1, -0.05) is 5.16 Å². The lowest BCUT2D eigenvalue weighted by Crippen LogP contribution is -2.53. The minimum atomic E-state index is -0.302. The molecule has 2 atom stereocenters. The van der Waals surface area contributed by atoms with Crippen LogP contribution >= 0.6 is 0 Å². The molecule has 3 aromatic heterocycles. The molecule has 4 heterocycles. The van der Waals surface area contributed by atoms with Crippen LogP contribution in [0.5, 0.6) is 0 Å². The molecule has 0 unspecified atom stereocenters. The van der Waals surface area contributed by atoms with Crippen LogP contribution in [0.1, 0.15) is 25.8 Å². The van der Waals surface area contributed by atoms with E-state index in [4.69, 9.17) is 15.2 Å². The number of rotatable bonds is 5. The zero-order chi connectivity index (χ0) is 24.5. The third-order valence-electron chi connectivity index (χ3n) is 6.16. The Balaban J connectivity index is 1.33. The second-order valence-corrected chi connectivity index (χ2v) is 8.71. The van der Waals surface area contributed by atoms with E-state index in [0.717, 1.165) is 30.9 Å². The first-order valence-electron chi connectivity index (χ1n) is 11.5. The fourth-order valence-corrected chi connectivity index (χ4v) is 4.21. The maximum atomic E-state index is 12.7. The van der Waals surface area contributed by atoms with E-state index in [2.05, 4.69) is 49.0 Å². The van der Waals surface area contributed by atoms with Crippen molar-refractivity contribution in [3.63, 3.8) is 0 Å². The fraction of sp³-hybridized carbons (Fsp3) is 0.333. The van der Waals surface area contributed by atoms with Gasteiger partial charge in [0.2, 0.25) is 17.7 Å². The second-order valence-electron chi connectivity index (χ2n) is 8.71. The predicted octanol–water partition coefficient (Wildman–Crippen LogP) is 2.02. The Morgan fingerprint density at radius 2 is 1.91 bits per heavy atom. The van der Waals surface area contributed by atoms with Crippen LogP contribution in [0.2, 0.25) is 0 Å². The van der Waals surface area contributed by atoms with Crippen LogP contribution in [0.25, 0.3) is 22.8 Å². The highest BCUT2D eigenvalue weighted by Gasteiger charge is 2.27. The molecule has 1 aromatic carbocycles. The van der Waals surface area contributed by atoms with E-state index in [1.807, 2.05) is 12.1 Å². The summed E-state index contributed by atoms with van der Waals surface area (Å²) in [6.07, 6.45) is 3.10. The Hall–Kier alpha value is -4.12. The molecule has 35 heavy (non-hydrogen) atoms. The number of hydrogen-bond acceptors (Lipinski definition) is 10. The number of hydrogen-bond donors (Lipinski definition) is 1. The van der Waals surface area contributed by atoms with Crippen LogP contribution < -0.4 is 21.1 Å². The van der Waals surface area contributed by atoms with Crippen molar-refractivity contribution in [3.05, 3.63) is 65.2 Å². The monoisotopic (exact) mass is 473 g/mol. The number of aromatic nitrogens is 6. The highest BCUT2D eigenvalue weighted by atomic mass is 16.5. The number of anilines is 2. The minimum absolute atomic E-state index is 0.123. The smallest absolute Gasteiger partial charge is 0.255 e. The van der Waals surface area contributed by atoms with Crippen molar-refractivity contribution in [2.24, 2.45) is 12.8 Å². The van der Waals surface area contributed by atoms with Crippen molar-refractivity contribution in [2.75, 3.05) is 29.4 Å². The first kappa shape index (κ1) is 22.7. The molecule has 2 N–H and O–H groups in total. The van der Waals surface area contributed by atoms with Gasteiger partial charge < -0.3 is 20.1 Å². The van der Waals surface area contributed by atoms with E-state index < -0.39 is 0 Å². The fourth-order valence-electron chi connectivity index (χ4n) is 4.21. The van der Waals surface area contributed by atoms with E-state index in [-0.39, 0.29) is 17.6 Å². The van der Waals surface area contributed by atoms with Crippen LogP contribution in [0.3, 0.4) is 0 Å². The molecule has 0 amide bonds. The third-order valence-corrected chi connectivity index (χ3v) is 6.16.